The molecular weight excluding hydrogens is 354 g/mol. The van der Waals surface area contributed by atoms with Gasteiger partial charge in [-0.25, -0.2) is 4.79 Å². The van der Waals surface area contributed by atoms with Crippen LogP contribution in [0.25, 0.3) is 0 Å². The lowest BCUT2D eigenvalue weighted by Crippen LogP contribution is -2.39. The molecule has 1 heterocycles. The Bertz CT molecular complexity index is 647. The molecule has 1 aliphatic rings. The third-order valence-electron chi connectivity index (χ3n) is 4.41. The maximum absolute atomic E-state index is 12.1. The number of ether oxygens (including phenoxy) is 1. The number of alkyl carbamates (subject to hydrolysis) is 1. The molecule has 2 rings (SSSR count). The fourth-order valence-electron chi connectivity index (χ4n) is 3.10. The Morgan fingerprint density at radius 2 is 1.86 bits per heavy atom. The molecule has 0 spiro atoms. The van der Waals surface area contributed by atoms with E-state index in [1.165, 1.54) is 18.9 Å². The number of amides is 2. The van der Waals surface area contributed by atoms with Crippen molar-refractivity contribution in [1.82, 2.24) is 15.5 Å². The number of likely N-dealkylation sites (tertiary alicyclic amines) is 1. The van der Waals surface area contributed by atoms with E-state index in [1.54, 1.807) is 6.08 Å². The van der Waals surface area contributed by atoms with Crippen LogP contribution >= 0.6 is 0 Å². The van der Waals surface area contributed by atoms with Gasteiger partial charge in [-0.15, -0.1) is 0 Å². The van der Waals surface area contributed by atoms with E-state index in [2.05, 4.69) is 15.5 Å². The quantitative estimate of drug-likeness (QED) is 0.673. The van der Waals surface area contributed by atoms with Crippen molar-refractivity contribution in [2.45, 2.75) is 51.7 Å². The molecule has 2 N–H and O–H groups in total. The Labute approximate surface area is 168 Å². The van der Waals surface area contributed by atoms with E-state index in [1.807, 2.05) is 51.1 Å². The van der Waals surface area contributed by atoms with Gasteiger partial charge in [0, 0.05) is 19.2 Å². The maximum Gasteiger partial charge on any atom is 0.408 e. The van der Waals surface area contributed by atoms with Crippen LogP contribution in [0.3, 0.4) is 0 Å². The summed E-state index contributed by atoms with van der Waals surface area (Å²) in [6.45, 7) is 9.21. The van der Waals surface area contributed by atoms with Crippen molar-refractivity contribution in [2.24, 2.45) is 0 Å². The Morgan fingerprint density at radius 1 is 1.18 bits per heavy atom. The van der Waals surface area contributed by atoms with Crippen molar-refractivity contribution in [3.05, 3.63) is 48.0 Å². The lowest BCUT2D eigenvalue weighted by atomic mass is 10.1. The number of hydrogen-bond acceptors (Lipinski definition) is 4. The first-order chi connectivity index (χ1) is 13.3. The molecule has 28 heavy (non-hydrogen) atoms. The fraction of sp³-hybridized carbons (Fsp3) is 0.545. The second kappa shape index (κ2) is 10.9. The topological polar surface area (TPSA) is 70.7 Å². The van der Waals surface area contributed by atoms with Crippen molar-refractivity contribution in [1.29, 1.82) is 0 Å². The number of nitrogens with zero attached hydrogens (tertiary/aromatic N) is 1. The number of rotatable bonds is 8. The number of benzene rings is 1. The third kappa shape index (κ3) is 9.04. The molecule has 0 bridgehead atoms. The molecule has 1 atom stereocenters. The highest BCUT2D eigenvalue weighted by Crippen LogP contribution is 2.09. The zero-order valence-electron chi connectivity index (χ0n) is 17.2. The van der Waals surface area contributed by atoms with E-state index >= 15 is 0 Å². The SMILES string of the molecule is CC(C)(C)OC(=O)NC(/C=C\C(=O)NCCN1CCCC1)Cc1ccccc1. The molecule has 0 radical (unpaired) electrons. The van der Waals surface area contributed by atoms with Crippen molar-refractivity contribution < 1.29 is 14.3 Å². The zero-order valence-corrected chi connectivity index (χ0v) is 17.2. The van der Waals surface area contributed by atoms with Gasteiger partial charge in [0.05, 0.1) is 6.04 Å². The largest absolute Gasteiger partial charge is 0.444 e. The summed E-state index contributed by atoms with van der Waals surface area (Å²) in [5.41, 5.74) is 0.501. The zero-order chi connectivity index (χ0) is 20.4. The molecule has 154 valence electrons. The first kappa shape index (κ1) is 22.0. The second-order valence-corrected chi connectivity index (χ2v) is 8.14. The number of nitrogens with one attached hydrogen (secondary N) is 2. The first-order valence-corrected chi connectivity index (χ1v) is 10.0. The van der Waals surface area contributed by atoms with Gasteiger partial charge in [0.25, 0.3) is 0 Å². The molecule has 1 aromatic rings. The van der Waals surface area contributed by atoms with Crippen LogP contribution in [-0.4, -0.2) is 54.7 Å². The molecule has 1 aromatic carbocycles. The summed E-state index contributed by atoms with van der Waals surface area (Å²) < 4.78 is 5.34. The fourth-order valence-corrected chi connectivity index (χ4v) is 3.10. The van der Waals surface area contributed by atoms with E-state index in [9.17, 15) is 9.59 Å². The summed E-state index contributed by atoms with van der Waals surface area (Å²) in [6, 6.07) is 9.51. The molecule has 0 aromatic heterocycles. The van der Waals surface area contributed by atoms with E-state index in [4.69, 9.17) is 4.74 Å². The minimum atomic E-state index is -0.571. The predicted octanol–water partition coefficient (Wildman–Crippen LogP) is 2.89. The molecule has 2 amide bonds. The second-order valence-electron chi connectivity index (χ2n) is 8.14. The molecule has 1 aliphatic heterocycles. The summed E-state index contributed by atoms with van der Waals surface area (Å²) in [7, 11) is 0. The van der Waals surface area contributed by atoms with E-state index < -0.39 is 11.7 Å². The lowest BCUT2D eigenvalue weighted by molar-refractivity contribution is -0.116. The van der Waals surface area contributed by atoms with Gasteiger partial charge >= 0.3 is 6.09 Å². The van der Waals surface area contributed by atoms with Gasteiger partial charge in [0.2, 0.25) is 5.91 Å². The number of hydrogen-bond donors (Lipinski definition) is 2. The Morgan fingerprint density at radius 3 is 2.50 bits per heavy atom. The summed E-state index contributed by atoms with van der Waals surface area (Å²) in [5.74, 6) is -0.150. The molecule has 6 nitrogen and oxygen atoms in total. The summed E-state index contributed by atoms with van der Waals surface area (Å²) in [6.07, 6.45) is 5.79. The molecule has 6 heteroatoms. The first-order valence-electron chi connectivity index (χ1n) is 10.0. The molecular formula is C22H33N3O3. The highest BCUT2D eigenvalue weighted by molar-refractivity contribution is 5.87. The van der Waals surface area contributed by atoms with Crippen LogP contribution in [-0.2, 0) is 16.0 Å². The van der Waals surface area contributed by atoms with Crippen molar-refractivity contribution in [3.8, 4) is 0 Å². The smallest absolute Gasteiger partial charge is 0.408 e. The molecule has 0 saturated carbocycles. The molecule has 1 saturated heterocycles. The Kier molecular flexibility index (Phi) is 8.51. The van der Waals surface area contributed by atoms with Gasteiger partial charge in [0.15, 0.2) is 0 Å². The van der Waals surface area contributed by atoms with Crippen molar-refractivity contribution >= 4 is 12.0 Å². The minimum absolute atomic E-state index is 0.150. The maximum atomic E-state index is 12.1. The average molecular weight is 388 g/mol. The van der Waals surface area contributed by atoms with Gasteiger partial charge in [-0.05, 0) is 58.7 Å². The predicted molar refractivity (Wildman–Crippen MR) is 111 cm³/mol. The van der Waals surface area contributed by atoms with Crippen molar-refractivity contribution in [3.63, 3.8) is 0 Å². The third-order valence-corrected chi connectivity index (χ3v) is 4.41. The number of carbonyl (C=O) groups is 2. The van der Waals surface area contributed by atoms with Gasteiger partial charge in [-0.3, -0.25) is 4.79 Å². The van der Waals surface area contributed by atoms with Crippen LogP contribution in [0.1, 0.15) is 39.2 Å². The highest BCUT2D eigenvalue weighted by atomic mass is 16.6. The molecule has 1 fully saturated rings. The van der Waals surface area contributed by atoms with E-state index in [0.717, 1.165) is 25.2 Å². The van der Waals surface area contributed by atoms with Crippen LogP contribution in [0.5, 0.6) is 0 Å². The standard InChI is InChI=1S/C22H33N3O3/c1-22(2,3)28-21(27)24-19(17-18-9-5-4-6-10-18)11-12-20(26)23-13-16-25-14-7-8-15-25/h4-6,9-12,19H,7-8,13-17H2,1-3H3,(H,23,26)(H,24,27)/b12-11-. The monoisotopic (exact) mass is 387 g/mol. The summed E-state index contributed by atoms with van der Waals surface area (Å²) in [5, 5.41) is 5.75. The minimum Gasteiger partial charge on any atom is -0.444 e. The number of carbonyl (C=O) groups excluding carboxylic acids is 2. The van der Waals surface area contributed by atoms with Gasteiger partial charge < -0.3 is 20.3 Å². The molecule has 0 aliphatic carbocycles. The van der Waals surface area contributed by atoms with E-state index in [-0.39, 0.29) is 11.9 Å². The van der Waals surface area contributed by atoms with Gasteiger partial charge in [-0.2, -0.15) is 0 Å². The molecule has 1 unspecified atom stereocenters. The van der Waals surface area contributed by atoms with Crippen LogP contribution < -0.4 is 10.6 Å². The summed E-state index contributed by atoms with van der Waals surface area (Å²) in [4.78, 5) is 26.6. The normalized spacial score (nSPS) is 16.1. The van der Waals surface area contributed by atoms with Crippen molar-refractivity contribution in [2.75, 3.05) is 26.2 Å². The Balaban J connectivity index is 1.88. The van der Waals surface area contributed by atoms with Gasteiger partial charge in [-0.1, -0.05) is 36.4 Å². The van der Waals surface area contributed by atoms with Crippen LogP contribution in [0.4, 0.5) is 4.79 Å². The van der Waals surface area contributed by atoms with Crippen LogP contribution in [0.2, 0.25) is 0 Å². The van der Waals surface area contributed by atoms with Gasteiger partial charge in [0.1, 0.15) is 5.60 Å². The van der Waals surface area contributed by atoms with E-state index in [0.29, 0.717) is 13.0 Å². The average Bonchev–Trinajstić information content (AvgIpc) is 3.12. The van der Waals surface area contributed by atoms with Crippen LogP contribution in [0.15, 0.2) is 42.5 Å². The summed E-state index contributed by atoms with van der Waals surface area (Å²) >= 11 is 0. The highest BCUT2D eigenvalue weighted by Gasteiger charge is 2.19. The van der Waals surface area contributed by atoms with Crippen LogP contribution in [0, 0.1) is 0 Å². The lowest BCUT2D eigenvalue weighted by Gasteiger charge is -2.22. The Hall–Kier alpha value is -2.34.